The summed E-state index contributed by atoms with van der Waals surface area (Å²) in [5.41, 5.74) is 1.22. The van der Waals surface area contributed by atoms with Crippen molar-refractivity contribution in [3.8, 4) is 0 Å². The Bertz CT molecular complexity index is 116. The molecule has 0 spiro atoms. The van der Waals surface area contributed by atoms with Crippen molar-refractivity contribution in [2.24, 2.45) is 0 Å². The second-order valence-electron chi connectivity index (χ2n) is 3.02. The van der Waals surface area contributed by atoms with Crippen LogP contribution in [0.4, 0.5) is 0 Å². The third-order valence-electron chi connectivity index (χ3n) is 1.71. The Labute approximate surface area is 63.7 Å². The maximum atomic E-state index is 5.40. The Morgan fingerprint density at radius 1 is 1.80 bits per heavy atom. The van der Waals surface area contributed by atoms with Crippen molar-refractivity contribution in [2.75, 3.05) is 0 Å². The van der Waals surface area contributed by atoms with E-state index in [1.807, 2.05) is 7.48 Å². The lowest BCUT2D eigenvalue weighted by Gasteiger charge is -2.21. The van der Waals surface area contributed by atoms with Gasteiger partial charge in [-0.1, -0.05) is 18.3 Å². The zero-order valence-electron chi connectivity index (χ0n) is 6.60. The van der Waals surface area contributed by atoms with Crippen LogP contribution >= 0.6 is 0 Å². The maximum Gasteiger partial charge on any atom is 0.292 e. The highest BCUT2D eigenvalue weighted by atomic mass is 16.4. The lowest BCUT2D eigenvalue weighted by Crippen LogP contribution is -2.20. The number of rotatable bonds is 2. The van der Waals surface area contributed by atoms with Crippen molar-refractivity contribution >= 4 is 7.48 Å². The Balaban J connectivity index is 2.19. The van der Waals surface area contributed by atoms with Crippen LogP contribution in [0.1, 0.15) is 26.2 Å². The van der Waals surface area contributed by atoms with Gasteiger partial charge in [0.15, 0.2) is 0 Å². The topological polar surface area (TPSA) is 9.23 Å². The van der Waals surface area contributed by atoms with Gasteiger partial charge in [-0.25, -0.2) is 0 Å². The molecule has 1 atom stereocenters. The highest BCUT2D eigenvalue weighted by Crippen LogP contribution is 2.17. The van der Waals surface area contributed by atoms with E-state index in [1.165, 1.54) is 18.4 Å². The van der Waals surface area contributed by atoms with Crippen LogP contribution in [0.5, 0.6) is 0 Å². The molecule has 0 aliphatic carbocycles. The molecule has 2 heteroatoms. The highest BCUT2D eigenvalue weighted by molar-refractivity contribution is 6.27. The first-order valence-corrected chi connectivity index (χ1v) is 3.90. The predicted octanol–water partition coefficient (Wildman–Crippen LogP) is 2.17. The van der Waals surface area contributed by atoms with Crippen LogP contribution in [0.3, 0.4) is 0 Å². The van der Waals surface area contributed by atoms with Gasteiger partial charge in [0.2, 0.25) is 0 Å². The van der Waals surface area contributed by atoms with Crippen molar-refractivity contribution in [2.45, 2.75) is 38.6 Å². The molecule has 0 N–H and O–H groups in total. The van der Waals surface area contributed by atoms with E-state index in [4.69, 9.17) is 4.65 Å². The summed E-state index contributed by atoms with van der Waals surface area (Å²) in [7, 11) is 1.93. The molecular formula is C8H14BO. The summed E-state index contributed by atoms with van der Waals surface area (Å²) in [6.45, 7) is 5.91. The van der Waals surface area contributed by atoms with Gasteiger partial charge in [0, 0.05) is 6.10 Å². The van der Waals surface area contributed by atoms with Gasteiger partial charge in [-0.05, 0) is 19.8 Å². The highest BCUT2D eigenvalue weighted by Gasteiger charge is 2.13. The first kappa shape index (κ1) is 7.87. The van der Waals surface area contributed by atoms with Crippen LogP contribution in [0.25, 0.3) is 0 Å². The summed E-state index contributed by atoms with van der Waals surface area (Å²) < 4.78 is 5.40. The molecule has 10 heavy (non-hydrogen) atoms. The van der Waals surface area contributed by atoms with Gasteiger partial charge in [0.05, 0.1) is 0 Å². The monoisotopic (exact) mass is 137 g/mol. The van der Waals surface area contributed by atoms with Crippen molar-refractivity contribution in [1.82, 2.24) is 0 Å². The molecular weight excluding hydrogens is 123 g/mol. The maximum absolute atomic E-state index is 5.40. The minimum Gasteiger partial charge on any atom is -0.438 e. The van der Waals surface area contributed by atoms with E-state index in [9.17, 15) is 0 Å². The van der Waals surface area contributed by atoms with E-state index in [0.717, 1.165) is 12.7 Å². The first-order chi connectivity index (χ1) is 4.79. The van der Waals surface area contributed by atoms with Crippen molar-refractivity contribution < 1.29 is 4.65 Å². The molecule has 1 saturated heterocycles. The molecule has 1 aliphatic heterocycles. The van der Waals surface area contributed by atoms with Gasteiger partial charge in [0.25, 0.3) is 7.48 Å². The van der Waals surface area contributed by atoms with Gasteiger partial charge < -0.3 is 4.65 Å². The second kappa shape index (κ2) is 3.82. The average molecular weight is 137 g/mol. The molecule has 1 radical (unpaired) electrons. The first-order valence-electron chi connectivity index (χ1n) is 3.90. The molecule has 0 saturated carbocycles. The average Bonchev–Trinajstić information content (AvgIpc) is 1.88. The zero-order chi connectivity index (χ0) is 7.40. The number of hydrogen-bond acceptors (Lipinski definition) is 1. The summed E-state index contributed by atoms with van der Waals surface area (Å²) in [5.74, 6) is 0. The smallest absolute Gasteiger partial charge is 0.292 e. The Morgan fingerprint density at radius 3 is 3.10 bits per heavy atom. The van der Waals surface area contributed by atoms with Crippen LogP contribution in [-0.4, -0.2) is 13.6 Å². The largest absolute Gasteiger partial charge is 0.438 e. The summed E-state index contributed by atoms with van der Waals surface area (Å²) in [5, 5.41) is 0. The van der Waals surface area contributed by atoms with Crippen LogP contribution in [-0.2, 0) is 4.65 Å². The molecule has 0 bridgehead atoms. The Morgan fingerprint density at radius 2 is 2.60 bits per heavy atom. The summed E-state index contributed by atoms with van der Waals surface area (Å²) in [6.07, 6.45) is 5.04. The summed E-state index contributed by atoms with van der Waals surface area (Å²) in [4.78, 5) is 0. The second-order valence-corrected chi connectivity index (χ2v) is 3.02. The quantitative estimate of drug-likeness (QED) is 0.418. The number of hydrogen-bond donors (Lipinski definition) is 0. The molecule has 1 heterocycles. The minimum atomic E-state index is 0.422. The van der Waals surface area contributed by atoms with Crippen LogP contribution in [0, 0.1) is 0 Å². The molecule has 55 valence electrons. The Hall–Kier alpha value is -0.235. The van der Waals surface area contributed by atoms with Crippen molar-refractivity contribution in [3.63, 3.8) is 0 Å². The zero-order valence-corrected chi connectivity index (χ0v) is 6.60. The van der Waals surface area contributed by atoms with E-state index in [0.29, 0.717) is 6.10 Å². The van der Waals surface area contributed by atoms with Crippen molar-refractivity contribution in [3.05, 3.63) is 12.2 Å². The summed E-state index contributed by atoms with van der Waals surface area (Å²) in [6, 6.07) is 0. The van der Waals surface area contributed by atoms with Gasteiger partial charge in [-0.2, -0.15) is 0 Å². The van der Waals surface area contributed by atoms with E-state index in [1.54, 1.807) is 0 Å². The van der Waals surface area contributed by atoms with Gasteiger partial charge >= 0.3 is 0 Å². The molecule has 1 aliphatic rings. The van der Waals surface area contributed by atoms with Gasteiger partial charge in [-0.15, -0.1) is 6.58 Å². The fourth-order valence-electron chi connectivity index (χ4n) is 1.24. The fraction of sp³-hybridized carbons (Fsp3) is 0.750. The molecule has 0 aromatic heterocycles. The normalized spacial score (nSPS) is 25.5. The minimum absolute atomic E-state index is 0.422. The van der Waals surface area contributed by atoms with Crippen LogP contribution < -0.4 is 0 Å². The van der Waals surface area contributed by atoms with Crippen LogP contribution in [0.2, 0.25) is 6.32 Å². The predicted molar refractivity (Wildman–Crippen MR) is 44.1 cm³/mol. The molecule has 1 unspecified atom stereocenters. The molecule has 0 aromatic rings. The molecule has 0 amide bonds. The molecule has 1 nitrogen and oxygen atoms in total. The van der Waals surface area contributed by atoms with Gasteiger partial charge in [-0.3, -0.25) is 0 Å². The van der Waals surface area contributed by atoms with Crippen molar-refractivity contribution in [1.29, 1.82) is 0 Å². The summed E-state index contributed by atoms with van der Waals surface area (Å²) >= 11 is 0. The standard InChI is InChI=1S/C8H14BO/c1-7(2)6-8-4-3-5-9-10-8/h8H,1,3-6H2,2H3. The van der Waals surface area contributed by atoms with Crippen LogP contribution in [0.15, 0.2) is 12.2 Å². The third kappa shape index (κ3) is 2.57. The van der Waals surface area contributed by atoms with E-state index < -0.39 is 0 Å². The molecule has 0 aromatic carbocycles. The Kier molecular flexibility index (Phi) is 3.00. The SMILES string of the molecule is C=C(C)CC1CCC[B]O1. The lowest BCUT2D eigenvalue weighted by molar-refractivity contribution is 0.183. The van der Waals surface area contributed by atoms with E-state index in [-0.39, 0.29) is 0 Å². The van der Waals surface area contributed by atoms with E-state index >= 15 is 0 Å². The lowest BCUT2D eigenvalue weighted by atomic mass is 9.85. The molecule has 1 fully saturated rings. The van der Waals surface area contributed by atoms with Gasteiger partial charge in [0.1, 0.15) is 0 Å². The fourth-order valence-corrected chi connectivity index (χ4v) is 1.24. The molecule has 1 rings (SSSR count). The third-order valence-corrected chi connectivity index (χ3v) is 1.71. The van der Waals surface area contributed by atoms with E-state index in [2.05, 4.69) is 13.5 Å².